The first-order valence-electron chi connectivity index (χ1n) is 14.3. The van der Waals surface area contributed by atoms with E-state index in [1.807, 2.05) is 4.90 Å². The van der Waals surface area contributed by atoms with E-state index < -0.39 is 17.8 Å². The summed E-state index contributed by atoms with van der Waals surface area (Å²) in [5, 5.41) is 10.2. The summed E-state index contributed by atoms with van der Waals surface area (Å²) >= 11 is 0. The van der Waals surface area contributed by atoms with Gasteiger partial charge in [-0.1, -0.05) is 26.0 Å². The molecular weight excluding hydrogens is 483 g/mol. The number of aliphatic carboxylic acids is 1. The number of aryl methyl sites for hydroxylation is 3. The number of nitrogens with zero attached hydrogens (tertiary/aromatic N) is 2. The number of pyridine rings is 1. The molecule has 2 fully saturated rings. The van der Waals surface area contributed by atoms with Gasteiger partial charge in [-0.15, -0.1) is 0 Å². The molecule has 2 aromatic rings. The number of ether oxygens (including phenoxy) is 2. The van der Waals surface area contributed by atoms with Gasteiger partial charge < -0.3 is 14.6 Å². The third-order valence-electron chi connectivity index (χ3n) is 8.30. The Bertz CT molecular complexity index is 1140. The van der Waals surface area contributed by atoms with Gasteiger partial charge in [-0.2, -0.15) is 0 Å². The third-order valence-corrected chi connectivity index (χ3v) is 8.30. The Labute approximate surface area is 225 Å². The number of unbranched alkanes of at least 4 members (excludes halogenated alkanes) is 1. The van der Waals surface area contributed by atoms with Crippen LogP contribution in [0.5, 0.6) is 0 Å². The molecule has 38 heavy (non-hydrogen) atoms. The van der Waals surface area contributed by atoms with Crippen LogP contribution in [0.15, 0.2) is 30.3 Å². The molecule has 1 N–H and O–H groups in total. The van der Waals surface area contributed by atoms with E-state index in [0.717, 1.165) is 50.5 Å². The number of rotatable bonds is 10. The fraction of sp³-hybridized carbons (Fsp3) is 0.613. The van der Waals surface area contributed by atoms with Crippen molar-refractivity contribution in [3.63, 3.8) is 0 Å². The molecule has 1 aromatic heterocycles. The van der Waals surface area contributed by atoms with Gasteiger partial charge in [0.1, 0.15) is 11.9 Å². The van der Waals surface area contributed by atoms with Gasteiger partial charge >= 0.3 is 5.97 Å². The monoisotopic (exact) mass is 524 g/mol. The number of carbonyl (C=O) groups is 1. The van der Waals surface area contributed by atoms with Crippen molar-refractivity contribution >= 4 is 5.97 Å². The summed E-state index contributed by atoms with van der Waals surface area (Å²) in [5.74, 6) is -1.39. The lowest BCUT2D eigenvalue weighted by molar-refractivity contribution is -0.143. The van der Waals surface area contributed by atoms with E-state index in [4.69, 9.17) is 14.5 Å². The smallest absolute Gasteiger partial charge is 0.325 e. The van der Waals surface area contributed by atoms with Crippen molar-refractivity contribution in [2.75, 3.05) is 26.3 Å². The summed E-state index contributed by atoms with van der Waals surface area (Å²) in [6.45, 7) is 6.66. The second-order valence-corrected chi connectivity index (χ2v) is 12.0. The van der Waals surface area contributed by atoms with Crippen LogP contribution < -0.4 is 0 Å². The molecule has 3 atom stereocenters. The van der Waals surface area contributed by atoms with E-state index in [-0.39, 0.29) is 17.6 Å². The van der Waals surface area contributed by atoms with Crippen molar-refractivity contribution < 1.29 is 23.8 Å². The van der Waals surface area contributed by atoms with E-state index in [1.165, 1.54) is 41.9 Å². The van der Waals surface area contributed by atoms with Crippen molar-refractivity contribution in [1.29, 1.82) is 0 Å². The molecule has 1 aromatic carbocycles. The van der Waals surface area contributed by atoms with Gasteiger partial charge in [-0.05, 0) is 98.1 Å². The van der Waals surface area contributed by atoms with Gasteiger partial charge in [0.05, 0.1) is 18.8 Å². The Morgan fingerprint density at radius 3 is 2.87 bits per heavy atom. The second kappa shape index (κ2) is 11.8. The minimum absolute atomic E-state index is 0.0115. The molecule has 2 saturated heterocycles. The molecule has 206 valence electrons. The average Bonchev–Trinajstić information content (AvgIpc) is 3.49. The Morgan fingerprint density at radius 2 is 2.08 bits per heavy atom. The zero-order valence-electron chi connectivity index (χ0n) is 22.8. The number of hydrogen-bond acceptors (Lipinski definition) is 5. The molecule has 2 aliphatic heterocycles. The first-order valence-corrected chi connectivity index (χ1v) is 14.3. The number of carboxylic acid groups (broad SMARTS) is 1. The average molecular weight is 525 g/mol. The molecule has 0 radical (unpaired) electrons. The maximum absolute atomic E-state index is 14.3. The summed E-state index contributed by atoms with van der Waals surface area (Å²) in [6, 6.07) is 7.99. The van der Waals surface area contributed by atoms with Crippen LogP contribution in [0.2, 0.25) is 0 Å². The van der Waals surface area contributed by atoms with E-state index >= 15 is 0 Å². The number of aromatic nitrogens is 1. The topological polar surface area (TPSA) is 71.9 Å². The van der Waals surface area contributed by atoms with Crippen LogP contribution in [0.4, 0.5) is 4.39 Å². The molecule has 3 aliphatic rings. The van der Waals surface area contributed by atoms with Crippen molar-refractivity contribution in [2.24, 2.45) is 5.41 Å². The lowest BCUT2D eigenvalue weighted by Crippen LogP contribution is -2.34. The van der Waals surface area contributed by atoms with Crippen molar-refractivity contribution in [3.05, 3.63) is 64.2 Å². The molecule has 6 nitrogen and oxygen atoms in total. The maximum Gasteiger partial charge on any atom is 0.325 e. The van der Waals surface area contributed by atoms with Gasteiger partial charge in [-0.3, -0.25) is 14.7 Å². The number of fused-ring (bicyclic) bond motifs is 1. The molecule has 0 spiro atoms. The van der Waals surface area contributed by atoms with Gasteiger partial charge in [0.25, 0.3) is 0 Å². The Kier molecular flexibility index (Phi) is 8.46. The molecule has 7 heteroatoms. The highest BCUT2D eigenvalue weighted by Gasteiger charge is 2.39. The summed E-state index contributed by atoms with van der Waals surface area (Å²) in [6.07, 6.45) is 9.01. The molecule has 5 rings (SSSR count). The third kappa shape index (κ3) is 6.44. The molecule has 1 aliphatic carbocycles. The van der Waals surface area contributed by atoms with Crippen molar-refractivity contribution in [2.45, 2.75) is 89.9 Å². The Hall–Kier alpha value is -2.35. The standard InChI is InChI=1S/C31H41FN2O4/c1-31(2)18-28(38-20-31)25-13-11-22(32)17-26(25)29(30(35)36)34-15-14-24(19-34)37-16-6-5-8-23-12-10-21-7-3-4-9-27(21)33-23/h10-13,17,24,28-29H,3-9,14-16,18-20H2,1-2H3,(H,35,36)/t24-,28-,29?/m1/s1. The lowest BCUT2D eigenvalue weighted by atomic mass is 9.86. The predicted molar refractivity (Wildman–Crippen MR) is 144 cm³/mol. The maximum atomic E-state index is 14.3. The van der Waals surface area contributed by atoms with Crippen LogP contribution in [0, 0.1) is 11.2 Å². The van der Waals surface area contributed by atoms with E-state index in [9.17, 15) is 14.3 Å². The molecule has 0 amide bonds. The molecular formula is C31H41FN2O4. The van der Waals surface area contributed by atoms with Crippen LogP contribution in [-0.4, -0.2) is 53.4 Å². The summed E-state index contributed by atoms with van der Waals surface area (Å²) < 4.78 is 26.5. The van der Waals surface area contributed by atoms with Gasteiger partial charge in [0, 0.05) is 31.1 Å². The summed E-state index contributed by atoms with van der Waals surface area (Å²) in [5.41, 5.74) is 5.16. The van der Waals surface area contributed by atoms with E-state index in [0.29, 0.717) is 31.9 Å². The normalized spacial score (nSPS) is 23.9. The van der Waals surface area contributed by atoms with Crippen molar-refractivity contribution in [3.8, 4) is 0 Å². The first kappa shape index (κ1) is 27.2. The van der Waals surface area contributed by atoms with Crippen LogP contribution in [0.3, 0.4) is 0 Å². The molecule has 1 unspecified atom stereocenters. The van der Waals surface area contributed by atoms with Gasteiger partial charge in [0.2, 0.25) is 0 Å². The zero-order chi connectivity index (χ0) is 26.7. The number of carboxylic acids is 1. The van der Waals surface area contributed by atoms with Gasteiger partial charge in [-0.25, -0.2) is 4.39 Å². The highest BCUT2D eigenvalue weighted by molar-refractivity contribution is 5.76. The fourth-order valence-corrected chi connectivity index (χ4v) is 6.26. The Balaban J connectivity index is 1.14. The predicted octanol–water partition coefficient (Wildman–Crippen LogP) is 5.83. The fourth-order valence-electron chi connectivity index (χ4n) is 6.26. The number of benzene rings is 1. The van der Waals surface area contributed by atoms with Crippen molar-refractivity contribution in [1.82, 2.24) is 9.88 Å². The quantitative estimate of drug-likeness (QED) is 0.395. The van der Waals surface area contributed by atoms with Crippen LogP contribution in [0.25, 0.3) is 0 Å². The largest absolute Gasteiger partial charge is 0.480 e. The number of halogens is 1. The minimum atomic E-state index is -0.965. The minimum Gasteiger partial charge on any atom is -0.480 e. The summed E-state index contributed by atoms with van der Waals surface area (Å²) in [4.78, 5) is 19.3. The molecule has 0 bridgehead atoms. The van der Waals surface area contributed by atoms with Crippen LogP contribution in [0.1, 0.15) is 92.6 Å². The first-order chi connectivity index (χ1) is 18.3. The highest BCUT2D eigenvalue weighted by Crippen LogP contribution is 2.43. The number of likely N-dealkylation sites (tertiary alicyclic amines) is 1. The summed E-state index contributed by atoms with van der Waals surface area (Å²) in [7, 11) is 0. The Morgan fingerprint density at radius 1 is 1.24 bits per heavy atom. The van der Waals surface area contributed by atoms with Crippen LogP contribution >= 0.6 is 0 Å². The zero-order valence-corrected chi connectivity index (χ0v) is 22.8. The highest BCUT2D eigenvalue weighted by atomic mass is 19.1. The van der Waals surface area contributed by atoms with E-state index in [1.54, 1.807) is 6.07 Å². The number of hydrogen-bond donors (Lipinski definition) is 1. The van der Waals surface area contributed by atoms with Crippen LogP contribution in [-0.2, 0) is 33.5 Å². The molecule has 0 saturated carbocycles. The molecule has 3 heterocycles. The SMILES string of the molecule is CC1(C)CO[C@@H](c2ccc(F)cc2C(C(=O)O)N2CC[C@@H](OCCCCc3ccc4c(n3)CCCC4)C2)C1. The second-order valence-electron chi connectivity index (χ2n) is 12.0. The van der Waals surface area contributed by atoms with Gasteiger partial charge in [0.15, 0.2) is 0 Å². The van der Waals surface area contributed by atoms with E-state index in [2.05, 4.69) is 26.0 Å². The lowest BCUT2D eigenvalue weighted by Gasteiger charge is -2.28.